The zero-order valence-corrected chi connectivity index (χ0v) is 10.3. The van der Waals surface area contributed by atoms with Gasteiger partial charge in [0.2, 0.25) is 5.91 Å². The lowest BCUT2D eigenvalue weighted by molar-refractivity contribution is -0.134. The number of carbonyl (C=O) groups is 1. The molecule has 1 aliphatic rings. The number of nitrogens with two attached hydrogens (primary N) is 1. The van der Waals surface area contributed by atoms with Crippen molar-refractivity contribution in [3.8, 4) is 0 Å². The molecule has 0 aromatic rings. The SMILES string of the molecule is CCC[C@@H](N)C(=O)N1CCC(C)(C)CC1. The van der Waals surface area contributed by atoms with E-state index in [1.54, 1.807) is 0 Å². The minimum absolute atomic E-state index is 0.146. The molecule has 1 amide bonds. The first-order valence-electron chi connectivity index (χ1n) is 6.00. The van der Waals surface area contributed by atoms with E-state index in [4.69, 9.17) is 5.73 Å². The molecule has 1 heterocycles. The Bertz CT molecular complexity index is 216. The summed E-state index contributed by atoms with van der Waals surface area (Å²) in [5.74, 6) is 0.146. The van der Waals surface area contributed by atoms with E-state index in [9.17, 15) is 4.79 Å². The summed E-state index contributed by atoms with van der Waals surface area (Å²) in [6.07, 6.45) is 3.97. The lowest BCUT2D eigenvalue weighted by atomic mass is 9.82. The van der Waals surface area contributed by atoms with Crippen molar-refractivity contribution in [1.82, 2.24) is 4.90 Å². The van der Waals surface area contributed by atoms with E-state index in [0.29, 0.717) is 5.41 Å². The van der Waals surface area contributed by atoms with Crippen molar-refractivity contribution in [3.63, 3.8) is 0 Å². The molecule has 88 valence electrons. The first kappa shape index (κ1) is 12.5. The van der Waals surface area contributed by atoms with E-state index < -0.39 is 0 Å². The van der Waals surface area contributed by atoms with Crippen LogP contribution in [0.3, 0.4) is 0 Å². The highest BCUT2D eigenvalue weighted by molar-refractivity contribution is 5.81. The fourth-order valence-corrected chi connectivity index (χ4v) is 2.00. The molecule has 0 spiro atoms. The summed E-state index contributed by atoms with van der Waals surface area (Å²) in [6.45, 7) is 8.35. The molecule has 1 fully saturated rings. The lowest BCUT2D eigenvalue weighted by Crippen LogP contribution is -2.48. The Morgan fingerprint density at radius 2 is 1.93 bits per heavy atom. The third-order valence-electron chi connectivity index (χ3n) is 3.35. The topological polar surface area (TPSA) is 46.3 Å². The highest BCUT2D eigenvalue weighted by Crippen LogP contribution is 2.29. The highest BCUT2D eigenvalue weighted by Gasteiger charge is 2.29. The Morgan fingerprint density at radius 3 is 2.40 bits per heavy atom. The zero-order chi connectivity index (χ0) is 11.5. The van der Waals surface area contributed by atoms with Crippen LogP contribution in [0.15, 0.2) is 0 Å². The first-order chi connectivity index (χ1) is 6.96. The molecule has 1 aliphatic heterocycles. The number of hydrogen-bond donors (Lipinski definition) is 1. The molecule has 1 atom stereocenters. The summed E-state index contributed by atoms with van der Waals surface area (Å²) < 4.78 is 0. The average molecular weight is 212 g/mol. The largest absolute Gasteiger partial charge is 0.341 e. The molecule has 0 aliphatic carbocycles. The molecule has 1 rings (SSSR count). The van der Waals surface area contributed by atoms with Crippen molar-refractivity contribution in [3.05, 3.63) is 0 Å². The van der Waals surface area contributed by atoms with Crippen LogP contribution >= 0.6 is 0 Å². The quantitative estimate of drug-likeness (QED) is 0.775. The van der Waals surface area contributed by atoms with Gasteiger partial charge >= 0.3 is 0 Å². The predicted octanol–water partition coefficient (Wildman–Crippen LogP) is 1.76. The van der Waals surface area contributed by atoms with Gasteiger partial charge in [-0.05, 0) is 24.7 Å². The van der Waals surface area contributed by atoms with Gasteiger partial charge in [0.25, 0.3) is 0 Å². The molecule has 0 aromatic carbocycles. The van der Waals surface area contributed by atoms with Crippen LogP contribution in [0.2, 0.25) is 0 Å². The van der Waals surface area contributed by atoms with Gasteiger partial charge in [-0.25, -0.2) is 0 Å². The summed E-state index contributed by atoms with van der Waals surface area (Å²) in [4.78, 5) is 13.8. The molecule has 0 bridgehead atoms. The lowest BCUT2D eigenvalue weighted by Gasteiger charge is -2.37. The second-order valence-electron chi connectivity index (χ2n) is 5.38. The average Bonchev–Trinajstić information content (AvgIpc) is 2.17. The van der Waals surface area contributed by atoms with Crippen molar-refractivity contribution >= 4 is 5.91 Å². The van der Waals surface area contributed by atoms with Crippen LogP contribution < -0.4 is 5.73 Å². The van der Waals surface area contributed by atoms with Crippen LogP contribution in [0.4, 0.5) is 0 Å². The summed E-state index contributed by atoms with van der Waals surface area (Å²) in [7, 11) is 0. The summed E-state index contributed by atoms with van der Waals surface area (Å²) in [6, 6.07) is -0.281. The van der Waals surface area contributed by atoms with Crippen LogP contribution in [0.5, 0.6) is 0 Å². The van der Waals surface area contributed by atoms with Crippen LogP contribution in [0, 0.1) is 5.41 Å². The van der Waals surface area contributed by atoms with Crippen LogP contribution in [-0.2, 0) is 4.79 Å². The van der Waals surface area contributed by atoms with Crippen molar-refractivity contribution < 1.29 is 4.79 Å². The standard InChI is InChI=1S/C12H24N2O/c1-4-5-10(13)11(15)14-8-6-12(2,3)7-9-14/h10H,4-9,13H2,1-3H3/t10-/m1/s1. The van der Waals surface area contributed by atoms with E-state index >= 15 is 0 Å². The van der Waals surface area contributed by atoms with E-state index in [1.807, 2.05) is 4.90 Å². The fraction of sp³-hybridized carbons (Fsp3) is 0.917. The van der Waals surface area contributed by atoms with Gasteiger partial charge in [0.05, 0.1) is 6.04 Å². The maximum Gasteiger partial charge on any atom is 0.239 e. The van der Waals surface area contributed by atoms with Crippen molar-refractivity contribution in [2.75, 3.05) is 13.1 Å². The Balaban J connectivity index is 2.42. The molecule has 2 N–H and O–H groups in total. The number of piperidine rings is 1. The fourth-order valence-electron chi connectivity index (χ4n) is 2.00. The molecule has 0 radical (unpaired) electrons. The second kappa shape index (κ2) is 4.97. The zero-order valence-electron chi connectivity index (χ0n) is 10.3. The van der Waals surface area contributed by atoms with Crippen molar-refractivity contribution in [2.24, 2.45) is 11.1 Å². The van der Waals surface area contributed by atoms with E-state index in [1.165, 1.54) is 0 Å². The molecule has 3 heteroatoms. The predicted molar refractivity (Wildman–Crippen MR) is 62.5 cm³/mol. The Kier molecular flexibility index (Phi) is 4.14. The van der Waals surface area contributed by atoms with Crippen LogP contribution in [-0.4, -0.2) is 29.9 Å². The highest BCUT2D eigenvalue weighted by atomic mass is 16.2. The normalized spacial score (nSPS) is 22.5. The summed E-state index contributed by atoms with van der Waals surface area (Å²) in [5.41, 5.74) is 6.23. The maximum atomic E-state index is 11.9. The van der Waals surface area contributed by atoms with Gasteiger partial charge in [0.15, 0.2) is 0 Å². The van der Waals surface area contributed by atoms with Gasteiger partial charge in [-0.15, -0.1) is 0 Å². The number of carbonyl (C=O) groups excluding carboxylic acids is 1. The molecular formula is C12H24N2O. The third kappa shape index (κ3) is 3.49. The van der Waals surface area contributed by atoms with E-state index in [2.05, 4.69) is 20.8 Å². The second-order valence-corrected chi connectivity index (χ2v) is 5.38. The number of amides is 1. The molecule has 1 saturated heterocycles. The molecular weight excluding hydrogens is 188 g/mol. The number of rotatable bonds is 3. The van der Waals surface area contributed by atoms with Crippen molar-refractivity contribution in [1.29, 1.82) is 0 Å². The molecule has 0 aromatic heterocycles. The van der Waals surface area contributed by atoms with Crippen LogP contribution in [0.25, 0.3) is 0 Å². The van der Waals surface area contributed by atoms with Crippen LogP contribution in [0.1, 0.15) is 46.5 Å². The van der Waals surface area contributed by atoms with Gasteiger partial charge in [-0.2, -0.15) is 0 Å². The first-order valence-corrected chi connectivity index (χ1v) is 6.00. The molecule has 0 unspecified atom stereocenters. The minimum atomic E-state index is -0.281. The molecule has 0 saturated carbocycles. The third-order valence-corrected chi connectivity index (χ3v) is 3.35. The summed E-state index contributed by atoms with van der Waals surface area (Å²) in [5, 5.41) is 0. The molecule has 15 heavy (non-hydrogen) atoms. The summed E-state index contributed by atoms with van der Waals surface area (Å²) >= 11 is 0. The van der Waals surface area contributed by atoms with Gasteiger partial charge in [-0.1, -0.05) is 27.2 Å². The van der Waals surface area contributed by atoms with Gasteiger partial charge in [-0.3, -0.25) is 4.79 Å². The minimum Gasteiger partial charge on any atom is -0.341 e. The Hall–Kier alpha value is -0.570. The monoisotopic (exact) mass is 212 g/mol. The van der Waals surface area contributed by atoms with E-state index in [0.717, 1.165) is 38.8 Å². The van der Waals surface area contributed by atoms with Gasteiger partial charge in [0.1, 0.15) is 0 Å². The maximum absolute atomic E-state index is 11.9. The Labute approximate surface area is 93.0 Å². The van der Waals surface area contributed by atoms with E-state index in [-0.39, 0.29) is 11.9 Å². The number of nitrogens with zero attached hydrogens (tertiary/aromatic N) is 1. The van der Waals surface area contributed by atoms with Gasteiger partial charge in [0, 0.05) is 13.1 Å². The van der Waals surface area contributed by atoms with Crippen molar-refractivity contribution in [2.45, 2.75) is 52.5 Å². The number of hydrogen-bond acceptors (Lipinski definition) is 2. The smallest absolute Gasteiger partial charge is 0.239 e. The van der Waals surface area contributed by atoms with Gasteiger partial charge < -0.3 is 10.6 Å². The molecule has 3 nitrogen and oxygen atoms in total. The number of likely N-dealkylation sites (tertiary alicyclic amines) is 1. The Morgan fingerprint density at radius 1 is 1.40 bits per heavy atom.